The van der Waals surface area contributed by atoms with Crippen molar-refractivity contribution in [2.45, 2.75) is 19.8 Å². The van der Waals surface area contributed by atoms with Gasteiger partial charge in [-0.1, -0.05) is 6.92 Å². The monoisotopic (exact) mass is 123 g/mol. The summed E-state index contributed by atoms with van der Waals surface area (Å²) in [6, 6.07) is 0. The minimum atomic E-state index is -2.25. The summed E-state index contributed by atoms with van der Waals surface area (Å²) in [5.74, 6) is -0.602. The van der Waals surface area contributed by atoms with Gasteiger partial charge in [0.05, 0.1) is 0 Å². The Bertz CT molecular complexity index is 52.4. The molecule has 0 saturated carbocycles. The molecule has 0 amide bonds. The van der Waals surface area contributed by atoms with E-state index in [4.69, 9.17) is 5.73 Å². The zero-order valence-corrected chi connectivity index (χ0v) is 4.90. The van der Waals surface area contributed by atoms with Crippen LogP contribution >= 0.6 is 0 Å². The molecule has 8 heavy (non-hydrogen) atoms. The van der Waals surface area contributed by atoms with E-state index in [0.717, 1.165) is 0 Å². The summed E-state index contributed by atoms with van der Waals surface area (Å²) in [6.45, 7) is 1.80. The number of nitrogens with two attached hydrogens (primary N) is 1. The van der Waals surface area contributed by atoms with Crippen LogP contribution in [0.25, 0.3) is 0 Å². The second-order valence-electron chi connectivity index (χ2n) is 1.74. The maximum Gasteiger partial charge on any atom is 0.242 e. The summed E-state index contributed by atoms with van der Waals surface area (Å²) < 4.78 is 23.2. The first kappa shape index (κ1) is 7.82. The smallest absolute Gasteiger partial charge is 0.242 e. The lowest BCUT2D eigenvalue weighted by Gasteiger charge is -2.08. The molecule has 0 aliphatic rings. The molecule has 0 aromatic carbocycles. The summed E-state index contributed by atoms with van der Waals surface area (Å²) in [4.78, 5) is 0. The van der Waals surface area contributed by atoms with Gasteiger partial charge in [0.25, 0.3) is 0 Å². The summed E-state index contributed by atoms with van der Waals surface area (Å²) in [6.07, 6.45) is -1.78. The number of rotatable bonds is 3. The van der Waals surface area contributed by atoms with Crippen LogP contribution in [0.15, 0.2) is 0 Å². The van der Waals surface area contributed by atoms with Crippen LogP contribution < -0.4 is 5.73 Å². The number of hydrogen-bond acceptors (Lipinski definition) is 1. The quantitative estimate of drug-likeness (QED) is 0.600. The maximum atomic E-state index is 11.6. The van der Waals surface area contributed by atoms with E-state index in [2.05, 4.69) is 0 Å². The Morgan fingerprint density at radius 3 is 2.00 bits per heavy atom. The Morgan fingerprint density at radius 2 is 2.00 bits per heavy atom. The third-order valence-electron chi connectivity index (χ3n) is 1.18. The fourth-order valence-electron chi connectivity index (χ4n) is 0.448. The fraction of sp³-hybridized carbons (Fsp3) is 1.00. The summed E-state index contributed by atoms with van der Waals surface area (Å²) >= 11 is 0. The van der Waals surface area contributed by atoms with E-state index in [1.807, 2.05) is 0 Å². The normalized spacial score (nSPS) is 14.6. The van der Waals surface area contributed by atoms with Crippen molar-refractivity contribution in [1.82, 2.24) is 0 Å². The first-order valence-electron chi connectivity index (χ1n) is 2.70. The molecule has 0 spiro atoms. The molecule has 0 bridgehead atoms. The molecule has 50 valence electrons. The molecule has 1 unspecified atom stereocenters. The van der Waals surface area contributed by atoms with Crippen molar-refractivity contribution in [2.75, 3.05) is 6.54 Å². The highest BCUT2D eigenvalue weighted by Crippen LogP contribution is 2.10. The van der Waals surface area contributed by atoms with Gasteiger partial charge in [0.1, 0.15) is 0 Å². The van der Waals surface area contributed by atoms with Gasteiger partial charge >= 0.3 is 0 Å². The molecule has 0 saturated heterocycles. The van der Waals surface area contributed by atoms with E-state index < -0.39 is 12.3 Å². The van der Waals surface area contributed by atoms with Gasteiger partial charge in [-0.3, -0.25) is 0 Å². The Hall–Kier alpha value is -0.180. The average Bonchev–Trinajstić information content (AvgIpc) is 1.69. The molecule has 0 aromatic heterocycles. The van der Waals surface area contributed by atoms with Crippen molar-refractivity contribution >= 4 is 0 Å². The topological polar surface area (TPSA) is 26.0 Å². The molecule has 0 aliphatic heterocycles. The summed E-state index contributed by atoms with van der Waals surface area (Å²) in [5, 5.41) is 0. The van der Waals surface area contributed by atoms with Crippen LogP contribution in [-0.2, 0) is 0 Å². The molecule has 0 aliphatic carbocycles. The van der Waals surface area contributed by atoms with Gasteiger partial charge in [-0.2, -0.15) is 0 Å². The van der Waals surface area contributed by atoms with Crippen LogP contribution in [0.3, 0.4) is 0 Å². The first-order valence-corrected chi connectivity index (χ1v) is 2.70. The lowest BCUT2D eigenvalue weighted by atomic mass is 10.1. The highest BCUT2D eigenvalue weighted by Gasteiger charge is 2.14. The molecule has 1 nitrogen and oxygen atoms in total. The summed E-state index contributed by atoms with van der Waals surface area (Å²) in [5.41, 5.74) is 5.00. The molecule has 1 atom stereocenters. The second-order valence-corrected chi connectivity index (χ2v) is 1.74. The SMILES string of the molecule is CCC(CN)C(F)F. The molecular weight excluding hydrogens is 112 g/mol. The zero-order valence-electron chi connectivity index (χ0n) is 4.90. The van der Waals surface area contributed by atoms with E-state index in [1.54, 1.807) is 6.92 Å². The van der Waals surface area contributed by atoms with Crippen molar-refractivity contribution < 1.29 is 8.78 Å². The summed E-state index contributed by atoms with van der Waals surface area (Å²) in [7, 11) is 0. The van der Waals surface area contributed by atoms with Crippen LogP contribution in [0.2, 0.25) is 0 Å². The van der Waals surface area contributed by atoms with Crippen molar-refractivity contribution in [1.29, 1.82) is 0 Å². The van der Waals surface area contributed by atoms with Gasteiger partial charge in [-0.25, -0.2) is 8.78 Å². The molecule has 0 rings (SSSR count). The van der Waals surface area contributed by atoms with E-state index in [9.17, 15) is 8.78 Å². The number of hydrogen-bond donors (Lipinski definition) is 1. The third kappa shape index (κ3) is 2.21. The third-order valence-corrected chi connectivity index (χ3v) is 1.18. The molecule has 0 fully saturated rings. The van der Waals surface area contributed by atoms with Crippen molar-refractivity contribution in [3.05, 3.63) is 0 Å². The van der Waals surface area contributed by atoms with Crippen LogP contribution in [0, 0.1) is 5.92 Å². The van der Waals surface area contributed by atoms with E-state index in [1.165, 1.54) is 0 Å². The molecule has 0 aromatic rings. The van der Waals surface area contributed by atoms with Crippen molar-refractivity contribution in [3.63, 3.8) is 0 Å². The average molecular weight is 123 g/mol. The molecule has 0 heterocycles. The Kier molecular flexibility index (Phi) is 3.69. The van der Waals surface area contributed by atoms with Crippen molar-refractivity contribution in [3.8, 4) is 0 Å². The Morgan fingerprint density at radius 1 is 1.50 bits per heavy atom. The number of alkyl halides is 2. The minimum Gasteiger partial charge on any atom is -0.330 e. The van der Waals surface area contributed by atoms with Gasteiger partial charge in [0, 0.05) is 12.5 Å². The highest BCUT2D eigenvalue weighted by molar-refractivity contribution is 4.58. The lowest BCUT2D eigenvalue weighted by molar-refractivity contribution is 0.0794. The molecule has 2 N–H and O–H groups in total. The van der Waals surface area contributed by atoms with Crippen LogP contribution in [0.5, 0.6) is 0 Å². The van der Waals surface area contributed by atoms with Crippen LogP contribution in [0.1, 0.15) is 13.3 Å². The second kappa shape index (κ2) is 3.78. The Balaban J connectivity index is 3.35. The van der Waals surface area contributed by atoms with Gasteiger partial charge in [-0.15, -0.1) is 0 Å². The van der Waals surface area contributed by atoms with Crippen molar-refractivity contribution in [2.24, 2.45) is 11.7 Å². The first-order chi connectivity index (χ1) is 3.72. The van der Waals surface area contributed by atoms with E-state index in [0.29, 0.717) is 6.42 Å². The van der Waals surface area contributed by atoms with Crippen LogP contribution in [-0.4, -0.2) is 13.0 Å². The predicted molar refractivity (Wildman–Crippen MR) is 28.8 cm³/mol. The predicted octanol–water partition coefficient (Wildman–Crippen LogP) is 1.24. The minimum absolute atomic E-state index is 0.0914. The van der Waals surface area contributed by atoms with Gasteiger partial charge < -0.3 is 5.73 Å². The number of halogens is 2. The zero-order chi connectivity index (χ0) is 6.57. The van der Waals surface area contributed by atoms with E-state index >= 15 is 0 Å². The maximum absolute atomic E-state index is 11.6. The Labute approximate surface area is 47.9 Å². The molecule has 0 radical (unpaired) electrons. The lowest BCUT2D eigenvalue weighted by Crippen LogP contribution is -2.20. The highest BCUT2D eigenvalue weighted by atomic mass is 19.3. The van der Waals surface area contributed by atoms with Crippen LogP contribution in [0.4, 0.5) is 8.78 Å². The molecule has 3 heteroatoms. The fourth-order valence-corrected chi connectivity index (χ4v) is 0.448. The largest absolute Gasteiger partial charge is 0.330 e. The van der Waals surface area contributed by atoms with Gasteiger partial charge in [-0.05, 0) is 6.42 Å². The van der Waals surface area contributed by atoms with Gasteiger partial charge in [0.2, 0.25) is 6.43 Å². The molecular formula is C5H11F2N. The van der Waals surface area contributed by atoms with E-state index in [-0.39, 0.29) is 6.54 Å². The van der Waals surface area contributed by atoms with Gasteiger partial charge in [0.15, 0.2) is 0 Å². The standard InChI is InChI=1S/C5H11F2N/c1-2-4(3-8)5(6)7/h4-5H,2-3,8H2,1H3.